The molecule has 2 aromatic carbocycles. The molecule has 2 aromatic rings. The Bertz CT molecular complexity index is 2230. The second-order valence-electron chi connectivity index (χ2n) is 17.8. The fraction of sp³-hybridized carbons (Fsp3) is 0.591. The third-order valence-corrected chi connectivity index (χ3v) is 12.9. The van der Waals surface area contributed by atoms with Crippen LogP contribution in [-0.2, 0) is 14.3 Å². The molecule has 322 valence electrons. The fourth-order valence-electron chi connectivity index (χ4n) is 9.09. The van der Waals surface area contributed by atoms with Gasteiger partial charge in [-0.1, -0.05) is 59.8 Å². The Hall–Kier alpha value is -4.38. The fourth-order valence-corrected chi connectivity index (χ4v) is 9.09. The number of anilines is 1. The van der Waals surface area contributed by atoms with Gasteiger partial charge in [0.2, 0.25) is 0 Å². The van der Waals surface area contributed by atoms with Gasteiger partial charge in [0.05, 0.1) is 66.9 Å². The van der Waals surface area contributed by atoms with Crippen molar-refractivity contribution < 1.29 is 54.0 Å². The summed E-state index contributed by atoms with van der Waals surface area (Å²) in [5, 5.41) is 74.7. The van der Waals surface area contributed by atoms with E-state index in [0.29, 0.717) is 19.4 Å². The Balaban J connectivity index is 1.56. The van der Waals surface area contributed by atoms with Crippen molar-refractivity contribution in [2.75, 3.05) is 32.1 Å². The highest BCUT2D eigenvalue weighted by Crippen LogP contribution is 2.51. The van der Waals surface area contributed by atoms with E-state index in [1.807, 2.05) is 13.8 Å². The van der Waals surface area contributed by atoms with Crippen molar-refractivity contribution in [1.82, 2.24) is 0 Å². The summed E-state index contributed by atoms with van der Waals surface area (Å²) in [4.78, 5) is 37.8. The summed E-state index contributed by atoms with van der Waals surface area (Å²) < 4.78 is 17.6. The molecule has 0 aliphatic carbocycles. The Morgan fingerprint density at radius 3 is 2.20 bits per heavy atom. The number of Topliss-reactive ketones (excluding diaryl/α,β-unsaturated/α-hetero) is 1. The number of hydrogen-bond acceptors (Lipinski definition) is 13. The summed E-state index contributed by atoms with van der Waals surface area (Å²) in [5.74, 6) is -6.50. The van der Waals surface area contributed by atoms with E-state index in [-0.39, 0.29) is 68.6 Å². The molecular formula is C44H60N4O11. The third kappa shape index (κ3) is 7.88. The van der Waals surface area contributed by atoms with Gasteiger partial charge < -0.3 is 54.9 Å². The standard InChI is InChI=1S/C44H60N4O11/c1-21(2)20-48(56)17-15-44(16-18-48)46-32-29-30-38(52)27(8)40-31(29)41(54)43(9,59-40)58-19-14-28(57-10)24(5)36(50)26(7)37(51)25(6)35(49)22(3)12-11-13-23(4)42(55)45-34(39(30)53)33(32)47-44/h11-14,19,21-22,24-26,28,35-37,46,49-53H,15-18,20H2,1-10H3/b12-11+,19-14+,23-13-,45-34?. The molecule has 15 heteroatoms. The molecular weight excluding hydrogens is 761 g/mol. The summed E-state index contributed by atoms with van der Waals surface area (Å²) in [5.41, 5.74) is -0.475. The van der Waals surface area contributed by atoms with E-state index >= 15 is 0 Å². The Kier molecular flexibility index (Phi) is 12.2. The van der Waals surface area contributed by atoms with Gasteiger partial charge in [0, 0.05) is 73.0 Å². The average molecular weight is 821 g/mol. The van der Waals surface area contributed by atoms with Crippen LogP contribution in [-0.4, -0.2) is 104 Å². The van der Waals surface area contributed by atoms with E-state index in [1.165, 1.54) is 39.4 Å². The van der Waals surface area contributed by atoms with Crippen LogP contribution in [0.15, 0.2) is 46.1 Å². The Morgan fingerprint density at radius 2 is 1.58 bits per heavy atom. The molecule has 1 fully saturated rings. The number of ether oxygens (including phenoxy) is 3. The lowest BCUT2D eigenvalue weighted by atomic mass is 9.78. The van der Waals surface area contributed by atoms with Gasteiger partial charge in [-0.25, -0.2) is 4.99 Å². The molecule has 6 N–H and O–H groups in total. The number of likely N-dealkylation sites (tertiary alicyclic amines) is 1. The number of carbonyl (C=O) groups is 2. The smallest absolute Gasteiger partial charge is 0.312 e. The van der Waals surface area contributed by atoms with Crippen molar-refractivity contribution >= 4 is 28.2 Å². The molecule has 4 bridgehead atoms. The first kappa shape index (κ1) is 44.2. The number of phenolic OH excluding ortho intramolecular Hbond substituents is 2. The Morgan fingerprint density at radius 1 is 0.949 bits per heavy atom. The zero-order valence-corrected chi connectivity index (χ0v) is 35.6. The number of aliphatic hydroxyl groups is 3. The minimum atomic E-state index is -1.96. The number of fused-ring (bicyclic) bond motifs is 1. The quantitative estimate of drug-likeness (QED) is 0.146. The van der Waals surface area contributed by atoms with E-state index in [2.05, 4.69) is 10.3 Å². The second-order valence-corrected chi connectivity index (χ2v) is 17.8. The predicted molar refractivity (Wildman–Crippen MR) is 220 cm³/mol. The zero-order valence-electron chi connectivity index (χ0n) is 35.6. The van der Waals surface area contributed by atoms with Gasteiger partial charge in [-0.05, 0) is 19.9 Å². The van der Waals surface area contributed by atoms with Crippen LogP contribution in [0.5, 0.6) is 17.2 Å². The number of nitrogens with one attached hydrogen (secondary N) is 1. The van der Waals surface area contributed by atoms with Crippen LogP contribution in [0, 0.1) is 41.7 Å². The summed E-state index contributed by atoms with van der Waals surface area (Å²) in [6.45, 7) is 16.3. The van der Waals surface area contributed by atoms with Crippen LogP contribution in [0.3, 0.4) is 0 Å². The Labute approximate surface area is 344 Å². The first-order valence-electron chi connectivity index (χ1n) is 20.5. The van der Waals surface area contributed by atoms with Crippen molar-refractivity contribution in [2.24, 2.45) is 39.6 Å². The van der Waals surface area contributed by atoms with Gasteiger partial charge in [-0.15, -0.1) is 0 Å². The number of benzene rings is 2. The van der Waals surface area contributed by atoms with Crippen LogP contribution in [0.4, 0.5) is 5.69 Å². The first-order chi connectivity index (χ1) is 27.6. The van der Waals surface area contributed by atoms with E-state index < -0.39 is 87.4 Å². The molecule has 1 spiro atoms. The monoisotopic (exact) mass is 820 g/mol. The van der Waals surface area contributed by atoms with Crippen molar-refractivity contribution in [3.8, 4) is 17.2 Å². The molecule has 15 nitrogen and oxygen atoms in total. The maximum atomic E-state index is 14.6. The van der Waals surface area contributed by atoms with Gasteiger partial charge in [-0.2, -0.15) is 0 Å². The minimum absolute atomic E-state index is 0.0101. The maximum absolute atomic E-state index is 14.6. The first-order valence-corrected chi connectivity index (χ1v) is 20.5. The summed E-state index contributed by atoms with van der Waals surface area (Å²) in [6, 6.07) is 0. The SMILES string of the molecule is COC1/C=C/OC2(C)Oc3c(C)c(O)c4c(O)c(c5c(c4c3C2=O)NC2(CC[N+]([O-])(CC(C)C)CC2)N=5)=NC(=O)/C(C)=C\C=C\C(C)C(O)C(C)C(O)C(C)C(O)C1C. The molecule has 1 amide bonds. The number of allylic oxidation sites excluding steroid dienone is 2. The predicted octanol–water partition coefficient (Wildman–Crippen LogP) is 4.19. The number of methoxy groups -OCH3 is 1. The van der Waals surface area contributed by atoms with Gasteiger partial charge in [0.1, 0.15) is 27.9 Å². The molecule has 0 saturated carbocycles. The molecule has 9 atom stereocenters. The molecule has 4 aliphatic rings. The number of nitrogens with zero attached hydrogens (tertiary/aromatic N) is 3. The second kappa shape index (κ2) is 16.2. The van der Waals surface area contributed by atoms with Crippen molar-refractivity contribution in [1.29, 1.82) is 0 Å². The number of hydroxylamine groups is 3. The van der Waals surface area contributed by atoms with Crippen molar-refractivity contribution in [2.45, 2.75) is 111 Å². The molecule has 6 rings (SSSR count). The summed E-state index contributed by atoms with van der Waals surface area (Å²) in [7, 11) is 1.45. The lowest BCUT2D eigenvalue weighted by Crippen LogP contribution is -2.56. The van der Waals surface area contributed by atoms with E-state index in [9.17, 15) is 40.3 Å². The van der Waals surface area contributed by atoms with Crippen molar-refractivity contribution in [3.05, 3.63) is 63.2 Å². The van der Waals surface area contributed by atoms with Crippen LogP contribution in [0.1, 0.15) is 84.2 Å². The van der Waals surface area contributed by atoms with Crippen LogP contribution in [0.25, 0.3) is 10.8 Å². The van der Waals surface area contributed by atoms with Crippen LogP contribution < -0.4 is 20.8 Å². The number of amides is 1. The molecule has 4 aliphatic heterocycles. The molecule has 4 heterocycles. The van der Waals surface area contributed by atoms with Gasteiger partial charge in [0.25, 0.3) is 11.7 Å². The number of rotatable bonds is 3. The highest BCUT2D eigenvalue weighted by molar-refractivity contribution is 6.21. The number of hydrogen-bond donors (Lipinski definition) is 6. The number of carbonyl (C=O) groups excluding carboxylic acids is 2. The van der Waals surface area contributed by atoms with E-state index in [0.717, 1.165) is 0 Å². The third-order valence-electron chi connectivity index (χ3n) is 12.9. The number of piperidine rings is 1. The molecule has 1 saturated heterocycles. The number of ketones is 1. The van der Waals surface area contributed by atoms with Gasteiger partial charge >= 0.3 is 5.79 Å². The number of quaternary nitrogens is 1. The highest BCUT2D eigenvalue weighted by Gasteiger charge is 2.51. The molecule has 9 unspecified atom stereocenters. The van der Waals surface area contributed by atoms with Gasteiger partial charge in [0.15, 0.2) is 5.75 Å². The number of aromatic hydroxyl groups is 2. The number of aliphatic hydroxyl groups excluding tert-OH is 3. The van der Waals surface area contributed by atoms with Crippen molar-refractivity contribution in [3.63, 3.8) is 0 Å². The largest absolute Gasteiger partial charge is 0.633 e. The van der Waals surface area contributed by atoms with Crippen LogP contribution >= 0.6 is 0 Å². The average Bonchev–Trinajstić information content (AvgIpc) is 3.69. The summed E-state index contributed by atoms with van der Waals surface area (Å²) >= 11 is 0. The van der Waals surface area contributed by atoms with Gasteiger partial charge in [-0.3, -0.25) is 14.6 Å². The van der Waals surface area contributed by atoms with Crippen LogP contribution in [0.2, 0.25) is 0 Å². The molecule has 0 aromatic heterocycles. The molecule has 59 heavy (non-hydrogen) atoms. The van der Waals surface area contributed by atoms with E-state index in [1.54, 1.807) is 46.8 Å². The summed E-state index contributed by atoms with van der Waals surface area (Å²) in [6.07, 6.45) is 4.24. The number of phenols is 2. The lowest BCUT2D eigenvalue weighted by Gasteiger charge is -2.50. The lowest BCUT2D eigenvalue weighted by molar-refractivity contribution is -0.889. The molecule has 0 radical (unpaired) electrons. The highest BCUT2D eigenvalue weighted by atomic mass is 16.7. The topological polar surface area (TPSA) is 223 Å². The maximum Gasteiger partial charge on any atom is 0.312 e. The minimum Gasteiger partial charge on any atom is -0.633 e. The van der Waals surface area contributed by atoms with E-state index in [4.69, 9.17) is 19.2 Å². The zero-order chi connectivity index (χ0) is 43.5. The normalized spacial score (nSPS) is 37.3.